The van der Waals surface area contributed by atoms with Crippen LogP contribution in [0.25, 0.3) is 0 Å². The van der Waals surface area contributed by atoms with Crippen molar-refractivity contribution in [1.29, 1.82) is 0 Å². The number of piperazine rings is 1. The lowest BCUT2D eigenvalue weighted by atomic mass is 10.2. The summed E-state index contributed by atoms with van der Waals surface area (Å²) in [6, 6.07) is 4.19. The van der Waals surface area contributed by atoms with E-state index in [2.05, 4.69) is 33.6 Å². The first-order valence-corrected chi connectivity index (χ1v) is 13.7. The summed E-state index contributed by atoms with van der Waals surface area (Å²) in [6.45, 7) is 8.31. The zero-order valence-electron chi connectivity index (χ0n) is 21.1. The molecule has 0 bridgehead atoms. The molecular formula is C24H33FN4O7S. The molecule has 1 saturated heterocycles. The highest BCUT2D eigenvalue weighted by atomic mass is 32.2. The lowest BCUT2D eigenvalue weighted by Gasteiger charge is -2.38. The predicted molar refractivity (Wildman–Crippen MR) is 134 cm³/mol. The van der Waals surface area contributed by atoms with Gasteiger partial charge in [0.05, 0.1) is 6.61 Å². The maximum absolute atomic E-state index is 14.0. The van der Waals surface area contributed by atoms with Crippen LogP contribution in [-0.4, -0.2) is 90.5 Å². The van der Waals surface area contributed by atoms with Gasteiger partial charge in [-0.2, -0.15) is 0 Å². The Balaban J connectivity index is 0.000000717. The van der Waals surface area contributed by atoms with E-state index in [9.17, 15) is 12.8 Å². The Kier molecular flexibility index (Phi) is 11.2. The van der Waals surface area contributed by atoms with Crippen LogP contribution in [0, 0.1) is 5.82 Å². The molecule has 1 atom stereocenters. The minimum atomic E-state index is -3.58. The average molecular weight is 541 g/mol. The number of carbonyl (C=O) groups is 2. The molecule has 11 nitrogen and oxygen atoms in total. The van der Waals surface area contributed by atoms with Crippen LogP contribution in [0.3, 0.4) is 0 Å². The molecule has 2 heterocycles. The van der Waals surface area contributed by atoms with E-state index < -0.39 is 27.6 Å². The van der Waals surface area contributed by atoms with Gasteiger partial charge >= 0.3 is 11.9 Å². The molecule has 0 saturated carbocycles. The van der Waals surface area contributed by atoms with Gasteiger partial charge in [0.2, 0.25) is 5.95 Å². The Bertz CT molecular complexity index is 1140. The lowest BCUT2D eigenvalue weighted by Crippen LogP contribution is -2.50. The monoisotopic (exact) mass is 540 g/mol. The van der Waals surface area contributed by atoms with E-state index in [0.29, 0.717) is 18.4 Å². The van der Waals surface area contributed by atoms with E-state index >= 15 is 0 Å². The molecular weight excluding hydrogens is 507 g/mol. The number of aryl methyl sites for hydroxylation is 1. The molecule has 1 aromatic carbocycles. The van der Waals surface area contributed by atoms with E-state index in [4.69, 9.17) is 24.5 Å². The summed E-state index contributed by atoms with van der Waals surface area (Å²) in [7, 11) is -3.58. The fraction of sp³-hybridized carbons (Fsp3) is 0.500. The molecule has 1 fully saturated rings. The van der Waals surface area contributed by atoms with Crippen molar-refractivity contribution in [3.8, 4) is 5.75 Å². The quantitative estimate of drug-likeness (QED) is 0.450. The number of hydrogen-bond acceptors (Lipinski definition) is 9. The van der Waals surface area contributed by atoms with Crippen molar-refractivity contribution in [2.24, 2.45) is 0 Å². The zero-order chi connectivity index (χ0) is 27.6. The maximum atomic E-state index is 14.0. The Morgan fingerprint density at radius 1 is 1.11 bits per heavy atom. The molecule has 0 radical (unpaired) electrons. The van der Waals surface area contributed by atoms with Gasteiger partial charge in [0, 0.05) is 56.9 Å². The van der Waals surface area contributed by atoms with Crippen LogP contribution >= 0.6 is 0 Å². The number of aliphatic carboxylic acids is 2. The van der Waals surface area contributed by atoms with Crippen molar-refractivity contribution in [3.63, 3.8) is 0 Å². The number of carboxylic acids is 2. The summed E-state index contributed by atoms with van der Waals surface area (Å²) in [5, 5.41) is 14.8. The minimum absolute atomic E-state index is 0.310. The fourth-order valence-electron chi connectivity index (χ4n) is 3.69. The number of hydrogen-bond donors (Lipinski definition) is 2. The largest absolute Gasteiger partial charge is 0.493 e. The first-order chi connectivity index (χ1) is 17.4. The van der Waals surface area contributed by atoms with Crippen LogP contribution < -0.4 is 9.64 Å². The molecule has 13 heteroatoms. The van der Waals surface area contributed by atoms with Crippen LogP contribution in [0.15, 0.2) is 35.5 Å². The topological polar surface area (TPSA) is 150 Å². The summed E-state index contributed by atoms with van der Waals surface area (Å²) in [5.74, 6) is -3.31. The Hall–Kier alpha value is -3.32. The van der Waals surface area contributed by atoms with Gasteiger partial charge in [-0.05, 0) is 37.5 Å². The lowest BCUT2D eigenvalue weighted by molar-refractivity contribution is -0.159. The second-order valence-electron chi connectivity index (χ2n) is 8.63. The molecule has 0 amide bonds. The van der Waals surface area contributed by atoms with Crippen LogP contribution in [-0.2, 0) is 25.8 Å². The second kappa shape index (κ2) is 13.8. The van der Waals surface area contributed by atoms with Gasteiger partial charge in [-0.25, -0.2) is 32.4 Å². The van der Waals surface area contributed by atoms with Gasteiger partial charge in [-0.15, -0.1) is 0 Å². The van der Waals surface area contributed by atoms with Crippen molar-refractivity contribution in [1.82, 2.24) is 14.9 Å². The molecule has 1 aliphatic rings. The maximum Gasteiger partial charge on any atom is 0.414 e. The third kappa shape index (κ3) is 9.57. The summed E-state index contributed by atoms with van der Waals surface area (Å²) in [4.78, 5) is 31.5. The number of ether oxygens (including phenoxy) is 1. The zero-order valence-corrected chi connectivity index (χ0v) is 21.9. The minimum Gasteiger partial charge on any atom is -0.493 e. The molecule has 1 unspecified atom stereocenters. The smallest absolute Gasteiger partial charge is 0.414 e. The van der Waals surface area contributed by atoms with Gasteiger partial charge in [-0.1, -0.05) is 13.3 Å². The number of halogens is 1. The normalized spacial score (nSPS) is 14.9. The van der Waals surface area contributed by atoms with Crippen molar-refractivity contribution in [3.05, 3.63) is 42.0 Å². The molecule has 204 valence electrons. The van der Waals surface area contributed by atoms with E-state index in [1.54, 1.807) is 0 Å². The van der Waals surface area contributed by atoms with Crippen molar-refractivity contribution in [2.75, 3.05) is 43.9 Å². The molecule has 1 aliphatic heterocycles. The van der Waals surface area contributed by atoms with Gasteiger partial charge in [-0.3, -0.25) is 4.90 Å². The molecule has 37 heavy (non-hydrogen) atoms. The van der Waals surface area contributed by atoms with Crippen molar-refractivity contribution >= 4 is 27.7 Å². The number of aromatic nitrogens is 2. The molecule has 2 N–H and O–H groups in total. The molecule has 1 aromatic heterocycles. The number of nitrogens with zero attached hydrogens (tertiary/aromatic N) is 4. The fourth-order valence-corrected chi connectivity index (χ4v) is 4.42. The van der Waals surface area contributed by atoms with E-state index in [-0.39, 0.29) is 4.90 Å². The number of benzene rings is 1. The summed E-state index contributed by atoms with van der Waals surface area (Å²) in [5.41, 5.74) is 1.17. The molecule has 2 aromatic rings. The first kappa shape index (κ1) is 29.9. The highest BCUT2D eigenvalue weighted by molar-refractivity contribution is 7.90. The van der Waals surface area contributed by atoms with Crippen LogP contribution in [0.4, 0.5) is 10.3 Å². The number of rotatable bonds is 9. The SMILES string of the molecule is CCCc1cnc(N2CCN(C(C)CCOc3ccc(S(C)(=O)=O)c(F)c3)CC2)nc1.O=C(O)C(=O)O. The van der Waals surface area contributed by atoms with Crippen LogP contribution in [0.2, 0.25) is 0 Å². The Morgan fingerprint density at radius 3 is 2.19 bits per heavy atom. The third-order valence-electron chi connectivity index (χ3n) is 5.74. The Morgan fingerprint density at radius 2 is 1.70 bits per heavy atom. The second-order valence-corrected chi connectivity index (χ2v) is 10.6. The number of sulfone groups is 1. The van der Waals surface area contributed by atoms with Crippen LogP contribution in [0.5, 0.6) is 5.75 Å². The van der Waals surface area contributed by atoms with E-state index in [1.807, 2.05) is 12.4 Å². The molecule has 0 spiro atoms. The first-order valence-electron chi connectivity index (χ1n) is 11.8. The summed E-state index contributed by atoms with van der Waals surface area (Å²) < 4.78 is 42.6. The Labute approximate surface area is 215 Å². The van der Waals surface area contributed by atoms with E-state index in [1.165, 1.54) is 17.7 Å². The van der Waals surface area contributed by atoms with Gasteiger partial charge < -0.3 is 19.8 Å². The average Bonchev–Trinajstić information content (AvgIpc) is 2.84. The van der Waals surface area contributed by atoms with Gasteiger partial charge in [0.25, 0.3) is 0 Å². The van der Waals surface area contributed by atoms with Crippen molar-refractivity contribution < 1.29 is 37.3 Å². The van der Waals surface area contributed by atoms with E-state index in [0.717, 1.165) is 63.7 Å². The third-order valence-corrected chi connectivity index (χ3v) is 6.87. The highest BCUT2D eigenvalue weighted by Gasteiger charge is 2.22. The van der Waals surface area contributed by atoms with Crippen LogP contribution in [0.1, 0.15) is 32.3 Å². The number of anilines is 1. The number of carboxylic acid groups (broad SMARTS) is 2. The molecule has 0 aliphatic carbocycles. The predicted octanol–water partition coefficient (Wildman–Crippen LogP) is 2.11. The standard InChI is InChI=1S/C22H31FN4O3S.C2H2O4/c1-4-5-18-15-24-22(25-16-18)27-11-9-26(10-12-27)17(2)8-13-30-19-6-7-21(20(23)14-19)31(3,28)29;3-1(4)2(5)6/h6-7,14-17H,4-5,8-13H2,1-3H3;(H,3,4)(H,5,6). The van der Waals surface area contributed by atoms with Gasteiger partial charge in [0.15, 0.2) is 9.84 Å². The van der Waals surface area contributed by atoms with Gasteiger partial charge in [0.1, 0.15) is 16.5 Å². The summed E-state index contributed by atoms with van der Waals surface area (Å²) in [6.07, 6.45) is 7.71. The van der Waals surface area contributed by atoms with Crippen molar-refractivity contribution in [2.45, 2.75) is 44.0 Å². The molecule has 3 rings (SSSR count). The summed E-state index contributed by atoms with van der Waals surface area (Å²) >= 11 is 0. The highest BCUT2D eigenvalue weighted by Crippen LogP contribution is 2.21.